The molecule has 24 heavy (non-hydrogen) atoms. The first kappa shape index (κ1) is 16.9. The molecular weight excluding hydrogens is 359 g/mol. The van der Waals surface area contributed by atoms with E-state index in [2.05, 4.69) is 24.5 Å². The molecule has 0 spiro atoms. The molecule has 4 fully saturated rings. The van der Waals surface area contributed by atoms with E-state index in [0.29, 0.717) is 26.0 Å². The molecular formula is C19H24Cl2N2S. The van der Waals surface area contributed by atoms with E-state index < -0.39 is 0 Å². The lowest BCUT2D eigenvalue weighted by molar-refractivity contribution is -0.111. The van der Waals surface area contributed by atoms with Gasteiger partial charge in [0.2, 0.25) is 0 Å². The van der Waals surface area contributed by atoms with Crippen LogP contribution in [0.1, 0.15) is 52.4 Å². The maximum absolute atomic E-state index is 6.26. The first-order valence-corrected chi connectivity index (χ1v) is 9.89. The van der Waals surface area contributed by atoms with E-state index in [-0.39, 0.29) is 5.54 Å². The summed E-state index contributed by atoms with van der Waals surface area (Å²) in [5.74, 6) is 0.839. The Morgan fingerprint density at radius 3 is 2.33 bits per heavy atom. The van der Waals surface area contributed by atoms with Gasteiger partial charge in [0.25, 0.3) is 0 Å². The summed E-state index contributed by atoms with van der Waals surface area (Å²) in [7, 11) is 0. The van der Waals surface area contributed by atoms with Gasteiger partial charge in [-0.25, -0.2) is 0 Å². The zero-order chi connectivity index (χ0) is 17.2. The van der Waals surface area contributed by atoms with Crippen LogP contribution in [0.5, 0.6) is 0 Å². The normalized spacial score (nSPS) is 39.8. The Kier molecular flexibility index (Phi) is 3.87. The summed E-state index contributed by atoms with van der Waals surface area (Å²) in [4.78, 5) is 0. The molecule has 2 atom stereocenters. The number of hydrogen-bond acceptors (Lipinski definition) is 1. The minimum absolute atomic E-state index is 0.145. The Labute approximate surface area is 159 Å². The number of rotatable bonds is 2. The molecule has 0 heterocycles. The molecule has 0 radical (unpaired) electrons. The number of hydrogen-bond donors (Lipinski definition) is 2. The highest BCUT2D eigenvalue weighted by molar-refractivity contribution is 7.80. The van der Waals surface area contributed by atoms with Crippen LogP contribution in [0.25, 0.3) is 0 Å². The molecule has 0 aliphatic heterocycles. The number of halogens is 2. The second kappa shape index (κ2) is 5.49. The summed E-state index contributed by atoms with van der Waals surface area (Å²) < 4.78 is 0. The van der Waals surface area contributed by atoms with E-state index in [0.717, 1.165) is 11.6 Å². The van der Waals surface area contributed by atoms with Crippen molar-refractivity contribution >= 4 is 46.2 Å². The third kappa shape index (κ3) is 3.04. The molecule has 4 bridgehead atoms. The molecule has 1 aromatic carbocycles. The van der Waals surface area contributed by atoms with Gasteiger partial charge < -0.3 is 10.6 Å². The van der Waals surface area contributed by atoms with Crippen molar-refractivity contribution in [3.63, 3.8) is 0 Å². The summed E-state index contributed by atoms with van der Waals surface area (Å²) in [6.45, 7) is 4.94. The molecule has 0 saturated heterocycles. The van der Waals surface area contributed by atoms with Crippen LogP contribution < -0.4 is 10.6 Å². The van der Waals surface area contributed by atoms with Crippen LogP contribution in [0.3, 0.4) is 0 Å². The summed E-state index contributed by atoms with van der Waals surface area (Å²) in [6.07, 6.45) is 7.83. The van der Waals surface area contributed by atoms with E-state index in [4.69, 9.17) is 35.4 Å². The summed E-state index contributed by atoms with van der Waals surface area (Å²) >= 11 is 17.9. The van der Waals surface area contributed by atoms with Gasteiger partial charge in [0.15, 0.2) is 5.11 Å². The van der Waals surface area contributed by atoms with Crippen molar-refractivity contribution in [1.82, 2.24) is 5.32 Å². The van der Waals surface area contributed by atoms with Gasteiger partial charge in [-0.1, -0.05) is 37.0 Å². The molecule has 4 aliphatic rings. The maximum Gasteiger partial charge on any atom is 0.171 e. The molecule has 0 aromatic heterocycles. The first-order chi connectivity index (χ1) is 11.2. The Hall–Kier alpha value is -0.510. The molecule has 5 heteroatoms. The lowest BCUT2D eigenvalue weighted by Crippen LogP contribution is -2.65. The molecule has 0 unspecified atom stereocenters. The van der Waals surface area contributed by atoms with Crippen molar-refractivity contribution in [2.45, 2.75) is 57.9 Å². The van der Waals surface area contributed by atoms with Crippen molar-refractivity contribution in [3.05, 3.63) is 28.2 Å². The van der Waals surface area contributed by atoms with E-state index in [1.54, 1.807) is 6.07 Å². The van der Waals surface area contributed by atoms with Crippen LogP contribution in [0, 0.1) is 16.7 Å². The fourth-order valence-electron chi connectivity index (χ4n) is 6.57. The standard InChI is InChI=1S/C19H24Cl2N2S/c1-17-6-12-7-18(2,9-17)11-19(8-12,10-17)23-16(24)22-15-4-3-13(20)5-14(15)21/h3-5,12H,6-11H2,1-2H3,(H2,22,23,24)/t12?,17-,18-,19?/m1/s1. The van der Waals surface area contributed by atoms with Gasteiger partial charge in [0.05, 0.1) is 10.7 Å². The molecule has 1 aromatic rings. The zero-order valence-electron chi connectivity index (χ0n) is 14.2. The lowest BCUT2D eigenvalue weighted by atomic mass is 9.43. The first-order valence-electron chi connectivity index (χ1n) is 8.73. The minimum atomic E-state index is 0.145. The highest BCUT2D eigenvalue weighted by Gasteiger charge is 2.60. The predicted octanol–water partition coefficient (Wildman–Crippen LogP) is 6.03. The van der Waals surface area contributed by atoms with Crippen LogP contribution in [0.2, 0.25) is 10.0 Å². The molecule has 0 amide bonds. The van der Waals surface area contributed by atoms with Crippen LogP contribution in [0.4, 0.5) is 5.69 Å². The predicted molar refractivity (Wildman–Crippen MR) is 106 cm³/mol. The molecule has 2 N–H and O–H groups in total. The summed E-state index contributed by atoms with van der Waals surface area (Å²) in [5, 5.41) is 8.86. The van der Waals surface area contributed by atoms with Crippen LogP contribution >= 0.6 is 35.4 Å². The van der Waals surface area contributed by atoms with E-state index in [9.17, 15) is 0 Å². The molecule has 2 nitrogen and oxygen atoms in total. The van der Waals surface area contributed by atoms with Crippen molar-refractivity contribution in [3.8, 4) is 0 Å². The molecule has 130 valence electrons. The summed E-state index contributed by atoms with van der Waals surface area (Å²) in [5.41, 5.74) is 1.88. The molecule has 4 aliphatic carbocycles. The molecule has 4 saturated carbocycles. The average Bonchev–Trinajstić information content (AvgIpc) is 2.37. The number of benzene rings is 1. The largest absolute Gasteiger partial charge is 0.357 e. The van der Waals surface area contributed by atoms with Crippen LogP contribution in [0.15, 0.2) is 18.2 Å². The second-order valence-corrected chi connectivity index (χ2v) is 10.4. The average molecular weight is 383 g/mol. The van der Waals surface area contributed by atoms with Crippen molar-refractivity contribution < 1.29 is 0 Å². The van der Waals surface area contributed by atoms with Crippen molar-refractivity contribution in [2.75, 3.05) is 5.32 Å². The fraction of sp³-hybridized carbons (Fsp3) is 0.632. The number of anilines is 1. The zero-order valence-corrected chi connectivity index (χ0v) is 16.5. The minimum Gasteiger partial charge on any atom is -0.357 e. The Bertz CT molecular complexity index is 687. The van der Waals surface area contributed by atoms with E-state index >= 15 is 0 Å². The van der Waals surface area contributed by atoms with Crippen LogP contribution in [-0.4, -0.2) is 10.7 Å². The van der Waals surface area contributed by atoms with Crippen molar-refractivity contribution in [2.24, 2.45) is 16.7 Å². The fourth-order valence-corrected chi connectivity index (χ4v) is 7.35. The topological polar surface area (TPSA) is 24.1 Å². The van der Waals surface area contributed by atoms with E-state index in [1.807, 2.05) is 12.1 Å². The summed E-state index contributed by atoms with van der Waals surface area (Å²) in [6, 6.07) is 5.44. The Morgan fingerprint density at radius 1 is 1.08 bits per heavy atom. The van der Waals surface area contributed by atoms with Gasteiger partial charge in [-0.2, -0.15) is 0 Å². The van der Waals surface area contributed by atoms with Gasteiger partial charge >= 0.3 is 0 Å². The van der Waals surface area contributed by atoms with Gasteiger partial charge in [-0.15, -0.1) is 0 Å². The van der Waals surface area contributed by atoms with Gasteiger partial charge in [-0.05, 0) is 85.7 Å². The van der Waals surface area contributed by atoms with Crippen molar-refractivity contribution in [1.29, 1.82) is 0 Å². The quantitative estimate of drug-likeness (QED) is 0.610. The SMILES string of the molecule is C[C@]12CC3CC(NC(=S)Nc4ccc(Cl)cc4Cl)(C1)C[C@](C)(C3)C2. The van der Waals surface area contributed by atoms with Gasteiger partial charge in [0, 0.05) is 10.6 Å². The number of nitrogens with one attached hydrogen (secondary N) is 2. The highest BCUT2D eigenvalue weighted by atomic mass is 35.5. The monoisotopic (exact) mass is 382 g/mol. The molecule has 5 rings (SSSR count). The second-order valence-electron chi connectivity index (χ2n) is 9.11. The Balaban J connectivity index is 1.51. The lowest BCUT2D eigenvalue weighted by Gasteiger charge is -2.65. The van der Waals surface area contributed by atoms with E-state index in [1.165, 1.54) is 38.5 Å². The van der Waals surface area contributed by atoms with Gasteiger partial charge in [-0.3, -0.25) is 0 Å². The smallest absolute Gasteiger partial charge is 0.171 e. The number of thiocarbonyl (C=S) groups is 1. The highest BCUT2D eigenvalue weighted by Crippen LogP contribution is 2.66. The Morgan fingerprint density at radius 2 is 1.75 bits per heavy atom. The van der Waals surface area contributed by atoms with Gasteiger partial charge in [0.1, 0.15) is 0 Å². The third-order valence-corrected chi connectivity index (χ3v) is 6.94. The maximum atomic E-state index is 6.26. The van der Waals surface area contributed by atoms with Crippen LogP contribution in [-0.2, 0) is 0 Å². The third-order valence-electron chi connectivity index (χ3n) is 6.18.